The highest BCUT2D eigenvalue weighted by Crippen LogP contribution is 2.27. The van der Waals surface area contributed by atoms with E-state index in [4.69, 9.17) is 9.57 Å². The van der Waals surface area contributed by atoms with Crippen molar-refractivity contribution >= 4 is 27.1 Å². The van der Waals surface area contributed by atoms with E-state index in [-0.39, 0.29) is 24.0 Å². The molecule has 1 aromatic heterocycles. The van der Waals surface area contributed by atoms with Gasteiger partial charge in [0.25, 0.3) is 10.0 Å². The number of alkyl carbamates (subject to hydrolysis) is 1. The summed E-state index contributed by atoms with van der Waals surface area (Å²) >= 11 is 0. The van der Waals surface area contributed by atoms with Gasteiger partial charge in [0.2, 0.25) is 0 Å². The predicted molar refractivity (Wildman–Crippen MR) is 143 cm³/mol. The minimum atomic E-state index is -4.16. The third-order valence-electron chi connectivity index (χ3n) is 6.33. The van der Waals surface area contributed by atoms with Crippen molar-refractivity contribution in [1.82, 2.24) is 19.8 Å². The van der Waals surface area contributed by atoms with Gasteiger partial charge in [0.05, 0.1) is 47.1 Å². The van der Waals surface area contributed by atoms with Crippen molar-refractivity contribution in [2.24, 2.45) is 0 Å². The first kappa shape index (κ1) is 28.0. The molecule has 1 heterocycles. The van der Waals surface area contributed by atoms with Crippen molar-refractivity contribution in [3.05, 3.63) is 60.4 Å². The van der Waals surface area contributed by atoms with E-state index in [1.54, 1.807) is 26.8 Å². The molecular weight excluding hydrogens is 508 g/mol. The lowest BCUT2D eigenvalue weighted by Gasteiger charge is -2.31. The highest BCUT2D eigenvalue weighted by Gasteiger charge is 2.35. The molecule has 2 atom stereocenters. The van der Waals surface area contributed by atoms with Crippen LogP contribution in [0.15, 0.2) is 59.8 Å². The molecule has 1 saturated carbocycles. The summed E-state index contributed by atoms with van der Waals surface area (Å²) in [5.74, 6) is 0. The van der Waals surface area contributed by atoms with Gasteiger partial charge in [0.15, 0.2) is 0 Å². The molecule has 1 amide bonds. The van der Waals surface area contributed by atoms with E-state index in [9.17, 15) is 18.3 Å². The number of fused-ring (bicyclic) bond motifs is 1. The summed E-state index contributed by atoms with van der Waals surface area (Å²) in [4.78, 5) is 25.7. The smallest absolute Gasteiger partial charge is 0.407 e. The fourth-order valence-electron chi connectivity index (χ4n) is 4.44. The number of aliphatic hydroxyl groups is 1. The molecule has 1 aliphatic carbocycles. The number of rotatable bonds is 10. The van der Waals surface area contributed by atoms with Gasteiger partial charge < -0.3 is 20.1 Å². The van der Waals surface area contributed by atoms with Crippen molar-refractivity contribution < 1.29 is 27.9 Å². The number of aromatic amines is 1. The van der Waals surface area contributed by atoms with E-state index in [2.05, 4.69) is 15.3 Å². The summed E-state index contributed by atoms with van der Waals surface area (Å²) in [5.41, 5.74) is 1.33. The Kier molecular flexibility index (Phi) is 8.71. The van der Waals surface area contributed by atoms with Crippen LogP contribution < -0.4 is 5.32 Å². The van der Waals surface area contributed by atoms with Crippen molar-refractivity contribution in [2.45, 2.75) is 81.6 Å². The summed E-state index contributed by atoms with van der Waals surface area (Å²) in [5, 5.41) is 14.1. The maximum atomic E-state index is 13.8. The molecule has 206 valence electrons. The molecule has 0 spiro atoms. The molecule has 0 aliphatic heterocycles. The maximum absolute atomic E-state index is 13.8. The Morgan fingerprint density at radius 2 is 1.89 bits per heavy atom. The topological polar surface area (TPSA) is 134 Å². The van der Waals surface area contributed by atoms with Gasteiger partial charge >= 0.3 is 6.09 Å². The highest BCUT2D eigenvalue weighted by molar-refractivity contribution is 7.89. The number of nitrogens with zero attached hydrogens (tertiary/aromatic N) is 2. The number of sulfonamides is 1. The number of aliphatic hydroxyl groups excluding tert-OH is 1. The lowest BCUT2D eigenvalue weighted by molar-refractivity contribution is -0.145. The standard InChI is InChI=1S/C27H36N4O6S/c1-27(2,3)36-26(33)30-24(15-19-9-5-4-6-10-19)25(32)17-31(37-20-11-7-8-12-20)38(34,35)21-13-14-22-23(16-21)29-18-28-22/h4-6,9-10,13-14,16,18,20,24-25,32H,7-8,11-12,15,17H2,1-3H3,(H,28,29)(H,30,33)/t24-,25+/m0/s1. The monoisotopic (exact) mass is 544 g/mol. The average Bonchev–Trinajstić information content (AvgIpc) is 3.54. The molecule has 10 nitrogen and oxygen atoms in total. The summed E-state index contributed by atoms with van der Waals surface area (Å²) in [6, 6.07) is 13.1. The van der Waals surface area contributed by atoms with E-state index >= 15 is 0 Å². The van der Waals surface area contributed by atoms with Crippen LogP contribution in [0.5, 0.6) is 0 Å². The Hall–Kier alpha value is -2.99. The van der Waals surface area contributed by atoms with Crippen LogP contribution in [0.3, 0.4) is 0 Å². The summed E-state index contributed by atoms with van der Waals surface area (Å²) < 4.78 is 33.8. The summed E-state index contributed by atoms with van der Waals surface area (Å²) in [6.45, 7) is 4.85. The van der Waals surface area contributed by atoms with E-state index in [0.717, 1.165) is 35.7 Å². The van der Waals surface area contributed by atoms with Crippen molar-refractivity contribution in [3.8, 4) is 0 Å². The van der Waals surface area contributed by atoms with E-state index in [0.29, 0.717) is 11.0 Å². The normalized spacial score (nSPS) is 16.6. The maximum Gasteiger partial charge on any atom is 0.407 e. The first-order chi connectivity index (χ1) is 18.0. The average molecular weight is 545 g/mol. The molecule has 11 heteroatoms. The van der Waals surface area contributed by atoms with Gasteiger partial charge in [0, 0.05) is 0 Å². The number of hydrogen-bond donors (Lipinski definition) is 3. The van der Waals surface area contributed by atoms with Crippen LogP contribution in [-0.4, -0.2) is 64.4 Å². The largest absolute Gasteiger partial charge is 0.444 e. The molecule has 0 unspecified atom stereocenters. The zero-order chi connectivity index (χ0) is 27.3. The number of hydroxylamine groups is 1. The fraction of sp³-hybridized carbons (Fsp3) is 0.481. The molecule has 3 N–H and O–H groups in total. The van der Waals surface area contributed by atoms with Crippen LogP contribution in [0.1, 0.15) is 52.0 Å². The van der Waals surface area contributed by atoms with Crippen LogP contribution >= 0.6 is 0 Å². The molecule has 4 rings (SSSR count). The number of benzene rings is 2. The molecule has 1 aliphatic rings. The van der Waals surface area contributed by atoms with Gasteiger partial charge in [-0.2, -0.15) is 0 Å². The van der Waals surface area contributed by atoms with Crippen LogP contribution in [0.2, 0.25) is 0 Å². The second-order valence-electron chi connectivity index (χ2n) is 10.6. The second kappa shape index (κ2) is 11.8. The molecule has 3 aromatic rings. The number of hydrogen-bond acceptors (Lipinski definition) is 7. The van der Waals surface area contributed by atoms with Crippen LogP contribution in [0.4, 0.5) is 4.79 Å². The van der Waals surface area contributed by atoms with E-state index in [1.807, 2.05) is 30.3 Å². The molecule has 0 radical (unpaired) electrons. The first-order valence-electron chi connectivity index (χ1n) is 12.9. The zero-order valence-corrected chi connectivity index (χ0v) is 22.8. The number of aromatic nitrogens is 2. The number of carbonyl (C=O) groups is 1. The minimum absolute atomic E-state index is 0.0131. The van der Waals surface area contributed by atoms with E-state index < -0.39 is 33.9 Å². The van der Waals surface area contributed by atoms with Crippen molar-refractivity contribution in [3.63, 3.8) is 0 Å². The van der Waals surface area contributed by atoms with Gasteiger partial charge in [-0.25, -0.2) is 18.2 Å². The van der Waals surface area contributed by atoms with Gasteiger partial charge in [-0.3, -0.25) is 4.84 Å². The lowest BCUT2D eigenvalue weighted by Crippen LogP contribution is -2.51. The van der Waals surface area contributed by atoms with Crippen LogP contribution in [0, 0.1) is 0 Å². The molecule has 0 bridgehead atoms. The number of nitrogens with one attached hydrogen (secondary N) is 2. The quantitative estimate of drug-likeness (QED) is 0.329. The van der Waals surface area contributed by atoms with Gasteiger partial charge in [0.1, 0.15) is 5.60 Å². The molecule has 0 saturated heterocycles. The molecule has 2 aromatic carbocycles. The second-order valence-corrected chi connectivity index (χ2v) is 12.4. The number of amides is 1. The van der Waals surface area contributed by atoms with Crippen LogP contribution in [-0.2, 0) is 26.0 Å². The number of imidazole rings is 1. The predicted octanol–water partition coefficient (Wildman–Crippen LogP) is 3.92. The van der Waals surface area contributed by atoms with Crippen molar-refractivity contribution in [2.75, 3.05) is 6.54 Å². The number of ether oxygens (including phenoxy) is 1. The van der Waals surface area contributed by atoms with Gasteiger partial charge in [-0.15, -0.1) is 0 Å². The lowest BCUT2D eigenvalue weighted by atomic mass is 10.0. The minimum Gasteiger partial charge on any atom is -0.444 e. The van der Waals surface area contributed by atoms with E-state index in [1.165, 1.54) is 18.5 Å². The van der Waals surface area contributed by atoms with Crippen LogP contribution in [0.25, 0.3) is 11.0 Å². The molecule has 38 heavy (non-hydrogen) atoms. The Labute approximate surface area is 223 Å². The molecule has 1 fully saturated rings. The van der Waals surface area contributed by atoms with Gasteiger partial charge in [-0.05, 0) is 63.8 Å². The first-order valence-corrected chi connectivity index (χ1v) is 14.3. The summed E-state index contributed by atoms with van der Waals surface area (Å²) in [6.07, 6.45) is 2.82. The Balaban J connectivity index is 1.60. The zero-order valence-electron chi connectivity index (χ0n) is 22.0. The number of carbonyl (C=O) groups excluding carboxylic acids is 1. The third-order valence-corrected chi connectivity index (χ3v) is 7.95. The summed E-state index contributed by atoms with van der Waals surface area (Å²) in [7, 11) is -4.16. The van der Waals surface area contributed by atoms with Crippen molar-refractivity contribution in [1.29, 1.82) is 0 Å². The third kappa shape index (κ3) is 7.31. The highest BCUT2D eigenvalue weighted by atomic mass is 32.2. The Morgan fingerprint density at radius 3 is 2.58 bits per heavy atom. The Bertz CT molecular complexity index is 1320. The number of H-pyrrole nitrogens is 1. The van der Waals surface area contributed by atoms with Gasteiger partial charge in [-0.1, -0.05) is 47.6 Å². The SMILES string of the molecule is CC(C)(C)OC(=O)N[C@@H](Cc1ccccc1)[C@H](O)CN(OC1CCCC1)S(=O)(=O)c1ccc2nc[nH]c2c1. The fourth-order valence-corrected chi connectivity index (χ4v) is 5.77. The Morgan fingerprint density at radius 1 is 1.18 bits per heavy atom. The molecular formula is C27H36N4O6S.